The van der Waals surface area contributed by atoms with Crippen LogP contribution in [0, 0.1) is 11.8 Å². The van der Waals surface area contributed by atoms with Crippen molar-refractivity contribution in [1.29, 1.82) is 0 Å². The van der Waals surface area contributed by atoms with Crippen LogP contribution in [0.1, 0.15) is 89.2 Å². The summed E-state index contributed by atoms with van der Waals surface area (Å²) >= 11 is 0. The molecule has 0 spiro atoms. The summed E-state index contributed by atoms with van der Waals surface area (Å²) in [6.45, 7) is 11.4. The van der Waals surface area contributed by atoms with E-state index in [2.05, 4.69) is 57.7 Å². The van der Waals surface area contributed by atoms with Gasteiger partial charge in [0.2, 0.25) is 0 Å². The van der Waals surface area contributed by atoms with Crippen molar-refractivity contribution < 1.29 is 4.74 Å². The molecule has 0 aromatic heterocycles. The van der Waals surface area contributed by atoms with Gasteiger partial charge in [-0.2, -0.15) is 0 Å². The molecule has 1 heteroatoms. The van der Waals surface area contributed by atoms with Gasteiger partial charge < -0.3 is 4.74 Å². The fourth-order valence-corrected chi connectivity index (χ4v) is 4.18. The summed E-state index contributed by atoms with van der Waals surface area (Å²) in [5.74, 6) is 2.29. The minimum atomic E-state index is 0.474. The van der Waals surface area contributed by atoms with Gasteiger partial charge in [-0.1, -0.05) is 50.6 Å². The zero-order valence-corrected chi connectivity index (χ0v) is 17.4. The average molecular weight is 357 g/mol. The molecular formula is C25H40O. The van der Waals surface area contributed by atoms with Crippen LogP contribution >= 0.6 is 0 Å². The first-order valence-corrected chi connectivity index (χ1v) is 11.0. The van der Waals surface area contributed by atoms with Crippen molar-refractivity contribution in [3.05, 3.63) is 48.0 Å². The van der Waals surface area contributed by atoms with E-state index in [4.69, 9.17) is 4.74 Å². The Hall–Kier alpha value is -1.08. The number of hydrogen-bond donors (Lipinski definition) is 0. The summed E-state index contributed by atoms with van der Waals surface area (Å²) in [6.07, 6.45) is 14.2. The number of hydrogen-bond acceptors (Lipinski definition) is 1. The lowest BCUT2D eigenvalue weighted by molar-refractivity contribution is -0.00694. The molecule has 1 aliphatic carbocycles. The Labute approximate surface area is 162 Å². The van der Waals surface area contributed by atoms with Gasteiger partial charge in [0.15, 0.2) is 0 Å². The fourth-order valence-electron chi connectivity index (χ4n) is 4.18. The zero-order valence-electron chi connectivity index (χ0n) is 17.4. The fraction of sp³-hybridized carbons (Fsp3) is 0.680. The van der Waals surface area contributed by atoms with Gasteiger partial charge in [0.1, 0.15) is 0 Å². The lowest BCUT2D eigenvalue weighted by Crippen LogP contribution is -2.23. The minimum absolute atomic E-state index is 0.474. The molecule has 1 heterocycles. The monoisotopic (exact) mass is 356 g/mol. The highest BCUT2D eigenvalue weighted by atomic mass is 16.5. The third kappa shape index (κ3) is 6.91. The second-order valence-electron chi connectivity index (χ2n) is 8.42. The maximum absolute atomic E-state index is 5.79. The first-order valence-electron chi connectivity index (χ1n) is 11.0. The van der Waals surface area contributed by atoms with E-state index in [0.717, 1.165) is 24.4 Å². The van der Waals surface area contributed by atoms with Gasteiger partial charge in [0.25, 0.3) is 0 Å². The predicted molar refractivity (Wildman–Crippen MR) is 114 cm³/mol. The molecule has 1 aliphatic heterocycles. The van der Waals surface area contributed by atoms with Gasteiger partial charge >= 0.3 is 0 Å². The second kappa shape index (κ2) is 11.6. The molecule has 1 nitrogen and oxygen atoms in total. The number of ether oxygens (including phenoxy) is 1. The Morgan fingerprint density at radius 2 is 1.65 bits per heavy atom. The van der Waals surface area contributed by atoms with Gasteiger partial charge in [0.05, 0.1) is 6.10 Å². The number of benzene rings is 1. The lowest BCUT2D eigenvalue weighted by atomic mass is 9.78. The van der Waals surface area contributed by atoms with Crippen molar-refractivity contribution in [3.63, 3.8) is 0 Å². The van der Waals surface area contributed by atoms with Crippen molar-refractivity contribution in [2.24, 2.45) is 11.8 Å². The van der Waals surface area contributed by atoms with E-state index in [0.29, 0.717) is 6.10 Å². The Morgan fingerprint density at radius 1 is 1.00 bits per heavy atom. The van der Waals surface area contributed by atoms with Crippen LogP contribution in [0.4, 0.5) is 0 Å². The van der Waals surface area contributed by atoms with Crippen LogP contribution in [-0.2, 0) is 11.2 Å². The third-order valence-corrected chi connectivity index (χ3v) is 6.00. The van der Waals surface area contributed by atoms with Crippen LogP contribution in [0.25, 0.3) is 0 Å². The third-order valence-electron chi connectivity index (χ3n) is 6.00. The van der Waals surface area contributed by atoms with Gasteiger partial charge in [-0.15, -0.1) is 6.58 Å². The molecule has 0 amide bonds. The number of aryl methyl sites for hydroxylation is 1. The molecule has 2 fully saturated rings. The molecule has 0 N–H and O–H groups in total. The standard InChI is InChI=1S/C22H32O.C3H8/c1-3-18-8-12-21(13-9-18)22-14-10-19(11-15-22)6-7-20-5-4-17(2)23-16-20;1-3-2/h3,10-11,14-15,17-18,20-21H,1,4-9,12-13,16H2,2H3;3H2,1-2H3. The average Bonchev–Trinajstić information content (AvgIpc) is 2.69. The summed E-state index contributed by atoms with van der Waals surface area (Å²) in [4.78, 5) is 0. The maximum atomic E-state index is 5.79. The quantitative estimate of drug-likeness (QED) is 0.502. The van der Waals surface area contributed by atoms with Crippen LogP contribution in [0.15, 0.2) is 36.9 Å². The molecule has 146 valence electrons. The largest absolute Gasteiger partial charge is 0.378 e. The second-order valence-corrected chi connectivity index (χ2v) is 8.42. The molecule has 0 radical (unpaired) electrons. The first-order chi connectivity index (χ1) is 12.7. The first kappa shape index (κ1) is 21.2. The van der Waals surface area contributed by atoms with E-state index in [1.54, 1.807) is 5.56 Å². The van der Waals surface area contributed by atoms with Crippen LogP contribution in [0.5, 0.6) is 0 Å². The van der Waals surface area contributed by atoms with Crippen LogP contribution in [-0.4, -0.2) is 12.7 Å². The molecule has 1 aromatic carbocycles. The topological polar surface area (TPSA) is 9.23 Å². The SMILES string of the molecule is C=CC1CCC(c2ccc(CCC3CCC(C)OC3)cc2)CC1.CCC. The molecule has 3 rings (SSSR count). The molecule has 1 saturated heterocycles. The van der Waals surface area contributed by atoms with E-state index in [1.807, 2.05) is 0 Å². The number of rotatable bonds is 5. The summed E-state index contributed by atoms with van der Waals surface area (Å²) in [5, 5.41) is 0. The molecule has 2 unspecified atom stereocenters. The summed E-state index contributed by atoms with van der Waals surface area (Å²) in [5.41, 5.74) is 3.04. The zero-order chi connectivity index (χ0) is 18.8. The van der Waals surface area contributed by atoms with Crippen molar-refractivity contribution in [1.82, 2.24) is 0 Å². The van der Waals surface area contributed by atoms with E-state index >= 15 is 0 Å². The molecule has 1 saturated carbocycles. The van der Waals surface area contributed by atoms with Gasteiger partial charge in [-0.25, -0.2) is 0 Å². The van der Waals surface area contributed by atoms with E-state index in [1.165, 1.54) is 63.4 Å². The highest BCUT2D eigenvalue weighted by Gasteiger charge is 2.21. The van der Waals surface area contributed by atoms with Crippen molar-refractivity contribution in [2.75, 3.05) is 6.61 Å². The lowest BCUT2D eigenvalue weighted by Gasteiger charge is -2.27. The summed E-state index contributed by atoms with van der Waals surface area (Å²) in [6, 6.07) is 9.49. The van der Waals surface area contributed by atoms with Crippen LogP contribution in [0.2, 0.25) is 0 Å². The Morgan fingerprint density at radius 3 is 2.19 bits per heavy atom. The van der Waals surface area contributed by atoms with Crippen molar-refractivity contribution in [2.45, 2.75) is 90.6 Å². The van der Waals surface area contributed by atoms with Gasteiger partial charge in [-0.05, 0) is 87.2 Å². The van der Waals surface area contributed by atoms with Gasteiger partial charge in [0, 0.05) is 6.61 Å². The Kier molecular flexibility index (Phi) is 9.46. The van der Waals surface area contributed by atoms with E-state index < -0.39 is 0 Å². The Bertz CT molecular complexity index is 487. The predicted octanol–water partition coefficient (Wildman–Crippen LogP) is 7.31. The summed E-state index contributed by atoms with van der Waals surface area (Å²) in [7, 11) is 0. The van der Waals surface area contributed by atoms with Gasteiger partial charge in [-0.3, -0.25) is 0 Å². The molecule has 2 aliphatic rings. The smallest absolute Gasteiger partial charge is 0.0547 e. The van der Waals surface area contributed by atoms with Crippen LogP contribution < -0.4 is 0 Å². The van der Waals surface area contributed by atoms with E-state index in [9.17, 15) is 0 Å². The minimum Gasteiger partial charge on any atom is -0.378 e. The van der Waals surface area contributed by atoms with Crippen molar-refractivity contribution >= 4 is 0 Å². The summed E-state index contributed by atoms with van der Waals surface area (Å²) < 4.78 is 5.79. The molecule has 0 bridgehead atoms. The maximum Gasteiger partial charge on any atom is 0.0547 e. The molecule has 1 aromatic rings. The van der Waals surface area contributed by atoms with Crippen LogP contribution in [0.3, 0.4) is 0 Å². The highest BCUT2D eigenvalue weighted by Crippen LogP contribution is 2.36. The number of allylic oxidation sites excluding steroid dienone is 1. The highest BCUT2D eigenvalue weighted by molar-refractivity contribution is 5.26. The Balaban J connectivity index is 0.000000758. The van der Waals surface area contributed by atoms with E-state index in [-0.39, 0.29) is 0 Å². The van der Waals surface area contributed by atoms with Crippen molar-refractivity contribution in [3.8, 4) is 0 Å². The molecule has 26 heavy (non-hydrogen) atoms. The normalized spacial score (nSPS) is 28.7. The molecular weight excluding hydrogens is 316 g/mol. The molecule has 2 atom stereocenters.